The highest BCUT2D eigenvalue weighted by molar-refractivity contribution is 14.1. The lowest BCUT2D eigenvalue weighted by Gasteiger charge is -2.08. The smallest absolute Gasteiger partial charge is 0.275 e. The van der Waals surface area contributed by atoms with Crippen LogP contribution in [0.2, 0.25) is 0 Å². The third kappa shape index (κ3) is 3.01. The van der Waals surface area contributed by atoms with Crippen molar-refractivity contribution < 1.29 is 9.53 Å². The normalized spacial score (nSPS) is 10.1. The van der Waals surface area contributed by atoms with Gasteiger partial charge >= 0.3 is 0 Å². The van der Waals surface area contributed by atoms with Gasteiger partial charge in [0.15, 0.2) is 0 Å². The molecular formula is C12H11IN2O2S. The van der Waals surface area contributed by atoms with E-state index in [-0.39, 0.29) is 5.91 Å². The Bertz CT molecular complexity index is 557. The number of carbonyl (C=O) groups excluding carboxylic acids is 1. The van der Waals surface area contributed by atoms with Crippen molar-refractivity contribution in [2.45, 2.75) is 6.61 Å². The molecule has 2 rings (SSSR count). The largest absolute Gasteiger partial charge is 0.488 e. The number of rotatable bonds is 4. The van der Waals surface area contributed by atoms with E-state index in [1.165, 1.54) is 11.3 Å². The van der Waals surface area contributed by atoms with Crippen LogP contribution in [0.4, 0.5) is 0 Å². The van der Waals surface area contributed by atoms with Gasteiger partial charge in [0.05, 0.1) is 8.45 Å². The molecule has 1 amide bonds. The molecule has 6 heteroatoms. The van der Waals surface area contributed by atoms with E-state index in [1.54, 1.807) is 0 Å². The van der Waals surface area contributed by atoms with E-state index in [0.717, 1.165) is 14.9 Å². The van der Waals surface area contributed by atoms with Crippen LogP contribution in [0, 0.1) is 3.57 Å². The zero-order chi connectivity index (χ0) is 13.0. The third-order valence-corrected chi connectivity index (χ3v) is 4.15. The number of hydrogen-bond acceptors (Lipinski definition) is 4. The van der Waals surface area contributed by atoms with Crippen molar-refractivity contribution >= 4 is 39.8 Å². The molecule has 0 saturated carbocycles. The summed E-state index contributed by atoms with van der Waals surface area (Å²) in [6, 6.07) is 9.60. The molecule has 2 aromatic rings. The monoisotopic (exact) mass is 374 g/mol. The van der Waals surface area contributed by atoms with Crippen LogP contribution in [0.5, 0.6) is 5.75 Å². The first-order valence-corrected chi connectivity index (χ1v) is 7.13. The SMILES string of the molecule is NNC(=O)c1sccc1COc1ccccc1I. The number of halogens is 1. The predicted molar refractivity (Wildman–Crippen MR) is 79.5 cm³/mol. The fourth-order valence-electron chi connectivity index (χ4n) is 1.43. The van der Waals surface area contributed by atoms with E-state index in [9.17, 15) is 4.79 Å². The van der Waals surface area contributed by atoms with Gasteiger partial charge in [-0.1, -0.05) is 12.1 Å². The highest BCUT2D eigenvalue weighted by Crippen LogP contribution is 2.23. The molecule has 3 N–H and O–H groups in total. The van der Waals surface area contributed by atoms with Gasteiger partial charge in [-0.3, -0.25) is 10.2 Å². The molecule has 0 aliphatic rings. The first kappa shape index (κ1) is 13.3. The number of hydrazine groups is 1. The molecule has 0 fully saturated rings. The van der Waals surface area contributed by atoms with E-state index in [4.69, 9.17) is 10.6 Å². The maximum atomic E-state index is 11.5. The summed E-state index contributed by atoms with van der Waals surface area (Å²) in [5, 5.41) is 1.85. The second-order valence-corrected chi connectivity index (χ2v) is 5.55. The summed E-state index contributed by atoms with van der Waals surface area (Å²) in [7, 11) is 0. The van der Waals surface area contributed by atoms with Gasteiger partial charge in [0.2, 0.25) is 0 Å². The van der Waals surface area contributed by atoms with E-state index >= 15 is 0 Å². The summed E-state index contributed by atoms with van der Waals surface area (Å²) in [6.07, 6.45) is 0. The number of amides is 1. The first-order chi connectivity index (χ1) is 8.72. The number of nitrogens with two attached hydrogens (primary N) is 1. The van der Waals surface area contributed by atoms with Crippen LogP contribution in [0.3, 0.4) is 0 Å². The first-order valence-electron chi connectivity index (χ1n) is 5.17. The maximum Gasteiger partial charge on any atom is 0.275 e. The molecule has 1 aromatic heterocycles. The van der Waals surface area contributed by atoms with Crippen molar-refractivity contribution in [3.05, 3.63) is 49.7 Å². The Labute approximate surface area is 122 Å². The Balaban J connectivity index is 2.09. The predicted octanol–water partition coefficient (Wildman–Crippen LogP) is 2.54. The fourth-order valence-corrected chi connectivity index (χ4v) is 2.79. The van der Waals surface area contributed by atoms with E-state index < -0.39 is 0 Å². The van der Waals surface area contributed by atoms with Crippen molar-refractivity contribution in [3.63, 3.8) is 0 Å². The van der Waals surface area contributed by atoms with Crippen LogP contribution >= 0.6 is 33.9 Å². The number of hydrogen-bond donors (Lipinski definition) is 2. The number of nitrogen functional groups attached to an aromatic ring is 1. The lowest BCUT2D eigenvalue weighted by atomic mass is 10.2. The van der Waals surface area contributed by atoms with Crippen LogP contribution < -0.4 is 16.0 Å². The lowest BCUT2D eigenvalue weighted by Crippen LogP contribution is -2.30. The zero-order valence-corrected chi connectivity index (χ0v) is 12.3. The number of nitrogens with one attached hydrogen (secondary N) is 1. The molecule has 1 aromatic carbocycles. The van der Waals surface area contributed by atoms with Crippen LogP contribution in [0.25, 0.3) is 0 Å². The molecule has 0 saturated heterocycles. The molecule has 18 heavy (non-hydrogen) atoms. The van der Waals surface area contributed by atoms with E-state index in [1.807, 2.05) is 35.7 Å². The van der Waals surface area contributed by atoms with Crippen molar-refractivity contribution in [3.8, 4) is 5.75 Å². The van der Waals surface area contributed by atoms with E-state index in [0.29, 0.717) is 11.5 Å². The second kappa shape index (κ2) is 6.17. The second-order valence-electron chi connectivity index (χ2n) is 3.47. The topological polar surface area (TPSA) is 64.3 Å². The van der Waals surface area contributed by atoms with Gasteiger partial charge < -0.3 is 4.74 Å². The Morgan fingerprint density at radius 2 is 2.17 bits per heavy atom. The van der Waals surface area contributed by atoms with Crippen molar-refractivity contribution in [1.82, 2.24) is 5.43 Å². The minimum atomic E-state index is -0.286. The minimum absolute atomic E-state index is 0.286. The number of thiophene rings is 1. The van der Waals surface area contributed by atoms with Gasteiger partial charge in [-0.25, -0.2) is 5.84 Å². The summed E-state index contributed by atoms with van der Waals surface area (Å²) in [5.41, 5.74) is 2.97. The zero-order valence-electron chi connectivity index (χ0n) is 9.35. The molecule has 0 atom stereocenters. The molecule has 0 unspecified atom stereocenters. The summed E-state index contributed by atoms with van der Waals surface area (Å²) < 4.78 is 6.73. The molecule has 0 radical (unpaired) electrons. The lowest BCUT2D eigenvalue weighted by molar-refractivity contribution is 0.0955. The van der Waals surface area contributed by atoms with Crippen LogP contribution in [0.15, 0.2) is 35.7 Å². The van der Waals surface area contributed by atoms with Crippen molar-refractivity contribution in [1.29, 1.82) is 0 Å². The molecule has 0 aliphatic carbocycles. The Morgan fingerprint density at radius 3 is 2.89 bits per heavy atom. The quantitative estimate of drug-likeness (QED) is 0.374. The Morgan fingerprint density at radius 1 is 1.39 bits per heavy atom. The van der Waals surface area contributed by atoms with Gasteiger partial charge in [-0.05, 0) is 46.2 Å². The average Bonchev–Trinajstić information content (AvgIpc) is 2.85. The maximum absolute atomic E-state index is 11.5. The molecule has 0 bridgehead atoms. The summed E-state index contributed by atoms with van der Waals surface area (Å²) in [4.78, 5) is 12.1. The summed E-state index contributed by atoms with van der Waals surface area (Å²) in [6.45, 7) is 0.353. The number of benzene rings is 1. The van der Waals surface area contributed by atoms with Gasteiger partial charge in [0.25, 0.3) is 5.91 Å². The summed E-state index contributed by atoms with van der Waals surface area (Å²) >= 11 is 3.56. The van der Waals surface area contributed by atoms with Gasteiger partial charge in [0, 0.05) is 5.56 Å². The highest BCUT2D eigenvalue weighted by atomic mass is 127. The Hall–Kier alpha value is -1.12. The molecule has 0 spiro atoms. The minimum Gasteiger partial charge on any atom is -0.488 e. The van der Waals surface area contributed by atoms with Gasteiger partial charge in [-0.15, -0.1) is 11.3 Å². The van der Waals surface area contributed by atoms with Crippen molar-refractivity contribution in [2.24, 2.45) is 5.84 Å². The number of carbonyl (C=O) groups is 1. The molecular weight excluding hydrogens is 363 g/mol. The van der Waals surface area contributed by atoms with Crippen LogP contribution in [0.1, 0.15) is 15.2 Å². The Kier molecular flexibility index (Phi) is 4.56. The fraction of sp³-hybridized carbons (Fsp3) is 0.0833. The van der Waals surface area contributed by atoms with Gasteiger partial charge in [0.1, 0.15) is 12.4 Å². The third-order valence-electron chi connectivity index (χ3n) is 2.30. The standard InChI is InChI=1S/C12H11IN2O2S/c13-9-3-1-2-4-10(9)17-7-8-5-6-18-11(8)12(16)15-14/h1-6H,7,14H2,(H,15,16). The highest BCUT2D eigenvalue weighted by Gasteiger charge is 2.12. The van der Waals surface area contributed by atoms with E-state index in [2.05, 4.69) is 28.0 Å². The average molecular weight is 374 g/mol. The molecule has 0 aliphatic heterocycles. The van der Waals surface area contributed by atoms with Crippen molar-refractivity contribution in [2.75, 3.05) is 0 Å². The molecule has 94 valence electrons. The number of ether oxygens (including phenoxy) is 1. The summed E-state index contributed by atoms with van der Waals surface area (Å²) in [5.74, 6) is 5.65. The van der Waals surface area contributed by atoms with Gasteiger partial charge in [-0.2, -0.15) is 0 Å². The molecule has 1 heterocycles. The number of para-hydroxylation sites is 1. The van der Waals surface area contributed by atoms with Crippen LogP contribution in [-0.4, -0.2) is 5.91 Å². The molecule has 4 nitrogen and oxygen atoms in total. The van der Waals surface area contributed by atoms with Crippen LogP contribution in [-0.2, 0) is 6.61 Å².